The van der Waals surface area contributed by atoms with Crippen LogP contribution < -0.4 is 26.2 Å². The molecule has 5 heteroatoms. The van der Waals surface area contributed by atoms with Crippen LogP contribution in [0, 0.1) is 0 Å². The molecule has 0 saturated heterocycles. The maximum atomic E-state index is 5.92. The van der Waals surface area contributed by atoms with E-state index in [0.717, 1.165) is 56.3 Å². The third-order valence-corrected chi connectivity index (χ3v) is 19.4. The van der Waals surface area contributed by atoms with Gasteiger partial charge in [0.05, 0.1) is 11.2 Å². The van der Waals surface area contributed by atoms with Gasteiger partial charge in [0, 0.05) is 50.6 Å². The van der Waals surface area contributed by atoms with Crippen molar-refractivity contribution in [2.45, 2.75) is 157 Å². The molecule has 1 aromatic heterocycles. The van der Waals surface area contributed by atoms with Crippen LogP contribution in [-0.4, -0.2) is 16.7 Å². The van der Waals surface area contributed by atoms with Crippen LogP contribution in [0.1, 0.15) is 158 Å². The highest BCUT2D eigenvalue weighted by molar-refractivity contribution is 7.00. The minimum Gasteiger partial charge on any atom is -0.311 e. The fourth-order valence-electron chi connectivity index (χ4n) is 14.0. The van der Waals surface area contributed by atoms with Gasteiger partial charge in [0.2, 0.25) is 0 Å². The Labute approximate surface area is 529 Å². The Bertz CT molecular complexity index is 4600. The first-order chi connectivity index (χ1) is 41.9. The lowest BCUT2D eigenvalue weighted by Gasteiger charge is -2.45. The summed E-state index contributed by atoms with van der Waals surface area (Å²) >= 11 is 0. The van der Waals surface area contributed by atoms with Crippen LogP contribution in [0.5, 0.6) is 0 Å². The molecule has 2 aliphatic rings. The first-order valence-corrected chi connectivity index (χ1v) is 32.3. The first kappa shape index (κ1) is 58.2. The molecular formula is C84H85BN4. The minimum absolute atomic E-state index is 0.101. The van der Waals surface area contributed by atoms with Crippen LogP contribution in [0.4, 0.5) is 34.1 Å². The number of rotatable bonds is 4. The van der Waals surface area contributed by atoms with Crippen LogP contribution in [0.15, 0.2) is 188 Å². The molecule has 0 unspecified atom stereocenters. The summed E-state index contributed by atoms with van der Waals surface area (Å²) < 4.78 is 0. The summed E-state index contributed by atoms with van der Waals surface area (Å²) in [5.74, 6) is 0.723. The molecule has 2 aliphatic heterocycles. The van der Waals surface area contributed by atoms with Crippen molar-refractivity contribution in [3.63, 3.8) is 0 Å². The molecule has 0 fully saturated rings. The third kappa shape index (κ3) is 9.99. The lowest BCUT2D eigenvalue weighted by Crippen LogP contribution is -2.61. The fraction of sp³-hybridized carbons (Fsp3) is 0.286. The number of benzene rings is 11. The van der Waals surface area contributed by atoms with E-state index in [-0.39, 0.29) is 39.2 Å². The molecule has 11 aromatic carbocycles. The quantitative estimate of drug-likeness (QED) is 0.130. The van der Waals surface area contributed by atoms with Gasteiger partial charge < -0.3 is 9.80 Å². The van der Waals surface area contributed by atoms with Crippen molar-refractivity contribution in [1.82, 2.24) is 9.97 Å². The molecule has 89 heavy (non-hydrogen) atoms. The molecule has 3 heterocycles. The number of para-hydroxylation sites is 1. The molecule has 0 bridgehead atoms. The normalized spacial score (nSPS) is 13.9. The summed E-state index contributed by atoms with van der Waals surface area (Å²) in [6.07, 6.45) is 0. The van der Waals surface area contributed by atoms with Crippen LogP contribution in [0.2, 0.25) is 0 Å². The van der Waals surface area contributed by atoms with E-state index in [9.17, 15) is 0 Å². The Morgan fingerprint density at radius 1 is 0.292 bits per heavy atom. The van der Waals surface area contributed by atoms with Gasteiger partial charge in [0.25, 0.3) is 6.71 Å². The molecule has 444 valence electrons. The maximum absolute atomic E-state index is 5.92. The molecule has 0 aliphatic carbocycles. The zero-order valence-electron chi connectivity index (χ0n) is 55.8. The van der Waals surface area contributed by atoms with E-state index in [4.69, 9.17) is 9.97 Å². The van der Waals surface area contributed by atoms with Gasteiger partial charge in [0.15, 0.2) is 5.82 Å². The van der Waals surface area contributed by atoms with Crippen LogP contribution in [0.25, 0.3) is 76.6 Å². The highest BCUT2D eigenvalue weighted by atomic mass is 15.2. The van der Waals surface area contributed by atoms with E-state index < -0.39 is 0 Å². The van der Waals surface area contributed by atoms with Crippen LogP contribution in [0.3, 0.4) is 0 Å². The van der Waals surface area contributed by atoms with Gasteiger partial charge >= 0.3 is 0 Å². The molecule has 0 N–H and O–H groups in total. The van der Waals surface area contributed by atoms with Crippen molar-refractivity contribution in [3.8, 4) is 22.6 Å². The first-order valence-electron chi connectivity index (χ1n) is 32.3. The van der Waals surface area contributed by atoms with Gasteiger partial charge in [0.1, 0.15) is 0 Å². The van der Waals surface area contributed by atoms with Gasteiger partial charge in [-0.15, -0.1) is 0 Å². The Morgan fingerprint density at radius 3 is 1.06 bits per heavy atom. The summed E-state index contributed by atoms with van der Waals surface area (Å²) in [6, 6.07) is 73.1. The molecule has 0 amide bonds. The summed E-state index contributed by atoms with van der Waals surface area (Å²) in [7, 11) is 0. The van der Waals surface area contributed by atoms with Gasteiger partial charge in [-0.25, -0.2) is 9.97 Å². The molecule has 0 saturated carbocycles. The van der Waals surface area contributed by atoms with Gasteiger partial charge in [-0.2, -0.15) is 0 Å². The molecule has 0 atom stereocenters. The number of aromatic nitrogens is 2. The topological polar surface area (TPSA) is 32.3 Å². The summed E-state index contributed by atoms with van der Waals surface area (Å²) in [5.41, 5.74) is 21.7. The predicted octanol–water partition coefficient (Wildman–Crippen LogP) is 21.4. The van der Waals surface area contributed by atoms with E-state index in [1.54, 1.807) is 0 Å². The number of fused-ring (bicyclic) bond motifs is 11. The lowest BCUT2D eigenvalue weighted by atomic mass is 9.33. The standard InChI is InChI=1S/C84H85BN4/c1-79(2,3)56-35-55(36-57(41-56)80(4,5)6)78-86-71-30-24-23-29-66(71)77(87-78)54-39-74-76-75(40-54)89(63-46-60(83(13,14)15)43-61(47-63)84(16,17)18)73-49-68-53(34-32-51-26-20-22-28-65(51)68)38-70(73)85(76)69-37-52-33-31-50-25-19-21-27-64(50)67(52)48-72(69)88(74)62-44-58(81(7,8)9)42-59(45-62)82(10,11)12/h19-49H,1-18H3. The average Bonchev–Trinajstić information content (AvgIpc) is 0.765. The number of nitrogens with zero attached hydrogens (tertiary/aromatic N) is 4. The molecule has 4 nitrogen and oxygen atoms in total. The van der Waals surface area contributed by atoms with Gasteiger partial charge in [-0.1, -0.05) is 246 Å². The summed E-state index contributed by atoms with van der Waals surface area (Å²) in [5, 5.41) is 10.9. The van der Waals surface area contributed by atoms with Crippen molar-refractivity contribution in [2.24, 2.45) is 0 Å². The fourth-order valence-corrected chi connectivity index (χ4v) is 14.0. The zero-order valence-corrected chi connectivity index (χ0v) is 55.8. The second kappa shape index (κ2) is 20.0. The lowest BCUT2D eigenvalue weighted by molar-refractivity contribution is 0.568. The molecule has 0 radical (unpaired) electrons. The van der Waals surface area contributed by atoms with Gasteiger partial charge in [-0.3, -0.25) is 0 Å². The Kier molecular flexibility index (Phi) is 13.1. The maximum Gasteiger partial charge on any atom is 0.252 e. The highest BCUT2D eigenvalue weighted by Gasteiger charge is 2.45. The van der Waals surface area contributed by atoms with Crippen molar-refractivity contribution in [2.75, 3.05) is 9.80 Å². The number of hydrogen-bond acceptors (Lipinski definition) is 4. The smallest absolute Gasteiger partial charge is 0.252 e. The van der Waals surface area contributed by atoms with E-state index in [1.165, 1.54) is 104 Å². The van der Waals surface area contributed by atoms with Gasteiger partial charge in [-0.05, 0) is 192 Å². The summed E-state index contributed by atoms with van der Waals surface area (Å²) in [4.78, 5) is 16.8. The van der Waals surface area contributed by atoms with E-state index in [0.29, 0.717) is 0 Å². The molecule has 12 aromatic rings. The molecule has 14 rings (SSSR count). The third-order valence-electron chi connectivity index (χ3n) is 19.4. The SMILES string of the molecule is CC(C)(C)c1cc(-c2nc(-c3cc4c5c(c3)N(c3cc(C(C)(C)C)cc(C(C)(C)C)c3)c3cc6c(ccc7ccccc76)cc3B5c3cc5ccc6ccccc6c5cc3N4c3cc(C(C)(C)C)cc(C(C)(C)C)c3)c3ccccc3n2)cc(C(C)(C)C)c1. The van der Waals surface area contributed by atoms with E-state index in [2.05, 4.69) is 322 Å². The Balaban J connectivity index is 1.19. The monoisotopic (exact) mass is 1160 g/mol. The van der Waals surface area contributed by atoms with Crippen molar-refractivity contribution >= 4 is 111 Å². The highest BCUT2D eigenvalue weighted by Crippen LogP contribution is 2.51. The Morgan fingerprint density at radius 2 is 0.652 bits per heavy atom. The minimum atomic E-state index is -0.160. The average molecular weight is 1160 g/mol. The number of hydrogen-bond donors (Lipinski definition) is 0. The van der Waals surface area contributed by atoms with E-state index in [1.807, 2.05) is 0 Å². The molecule has 0 spiro atoms. The van der Waals surface area contributed by atoms with Crippen molar-refractivity contribution in [1.29, 1.82) is 0 Å². The second-order valence-corrected chi connectivity index (χ2v) is 32.1. The zero-order chi connectivity index (χ0) is 62.8. The van der Waals surface area contributed by atoms with Crippen LogP contribution >= 0.6 is 0 Å². The van der Waals surface area contributed by atoms with Crippen molar-refractivity contribution < 1.29 is 0 Å². The largest absolute Gasteiger partial charge is 0.311 e. The molecular weight excluding hydrogens is 1080 g/mol. The predicted molar refractivity (Wildman–Crippen MR) is 387 cm³/mol. The Hall–Kier alpha value is -8.54. The van der Waals surface area contributed by atoms with Crippen molar-refractivity contribution in [3.05, 3.63) is 221 Å². The van der Waals surface area contributed by atoms with Crippen LogP contribution in [-0.2, 0) is 32.5 Å². The van der Waals surface area contributed by atoms with E-state index >= 15 is 0 Å². The summed E-state index contributed by atoms with van der Waals surface area (Å²) in [6.45, 7) is 42.0. The number of anilines is 6. The second-order valence-electron chi connectivity index (χ2n) is 32.1.